The third kappa shape index (κ3) is 4.78. The zero-order valence-corrected chi connectivity index (χ0v) is 33.2. The van der Waals surface area contributed by atoms with Gasteiger partial charge in [0.25, 0.3) is 0 Å². The summed E-state index contributed by atoms with van der Waals surface area (Å²) in [6.45, 7) is 4.86. The van der Waals surface area contributed by atoms with Crippen LogP contribution in [0.2, 0.25) is 0 Å². The number of hydrogen-bond acceptors (Lipinski definition) is 0. The highest BCUT2D eigenvalue weighted by atomic mass is 14.4. The van der Waals surface area contributed by atoms with Crippen LogP contribution < -0.4 is 0 Å². The van der Waals surface area contributed by atoms with Crippen LogP contribution in [0.3, 0.4) is 0 Å². The van der Waals surface area contributed by atoms with E-state index in [4.69, 9.17) is 0 Å². The molecule has 0 N–H and O–H groups in total. The highest BCUT2D eigenvalue weighted by Crippen LogP contribution is 2.53. The Morgan fingerprint density at radius 3 is 1.58 bits per heavy atom. The van der Waals surface area contributed by atoms with Crippen molar-refractivity contribution in [1.29, 1.82) is 0 Å². The molecule has 2 aliphatic rings. The van der Waals surface area contributed by atoms with Gasteiger partial charge in [-0.05, 0) is 145 Å². The Kier molecular flexibility index (Phi) is 6.72. The quantitative estimate of drug-likeness (QED) is 0.157. The summed E-state index contributed by atoms with van der Waals surface area (Å²) in [7, 11) is 0. The van der Waals surface area contributed by atoms with Gasteiger partial charge in [0.2, 0.25) is 0 Å². The number of fused-ring (bicyclic) bond motifs is 2. The maximum atomic E-state index is 2.46. The summed E-state index contributed by atoms with van der Waals surface area (Å²) in [5.74, 6) is 0.355. The second-order valence-corrected chi connectivity index (χ2v) is 17.6. The van der Waals surface area contributed by atoms with Gasteiger partial charge < -0.3 is 0 Å². The molecule has 0 nitrogen and oxygen atoms in total. The van der Waals surface area contributed by atoms with Gasteiger partial charge in [0.15, 0.2) is 0 Å². The Morgan fingerprint density at radius 1 is 0.407 bits per heavy atom. The van der Waals surface area contributed by atoms with Crippen molar-refractivity contribution in [2.24, 2.45) is 0 Å². The predicted molar refractivity (Wildman–Crippen MR) is 253 cm³/mol. The molecule has 0 aliphatic heterocycles. The summed E-state index contributed by atoms with van der Waals surface area (Å²) in [4.78, 5) is 0. The van der Waals surface area contributed by atoms with E-state index in [1.54, 1.807) is 5.57 Å². The summed E-state index contributed by atoms with van der Waals surface area (Å²) in [6.07, 6.45) is 5.89. The molecular formula is C59H40. The summed E-state index contributed by atoms with van der Waals surface area (Å²) in [5.41, 5.74) is 14.8. The first-order valence-electron chi connectivity index (χ1n) is 21.1. The van der Waals surface area contributed by atoms with Gasteiger partial charge >= 0.3 is 0 Å². The van der Waals surface area contributed by atoms with Gasteiger partial charge in [-0.1, -0.05) is 189 Å². The lowest BCUT2D eigenvalue weighted by Gasteiger charge is -2.29. The van der Waals surface area contributed by atoms with Gasteiger partial charge in [0, 0.05) is 11.3 Å². The van der Waals surface area contributed by atoms with Crippen LogP contribution in [0.1, 0.15) is 42.9 Å². The molecule has 0 bridgehead atoms. The third-order valence-electron chi connectivity index (χ3n) is 14.2. The van der Waals surface area contributed by atoms with Crippen LogP contribution in [-0.2, 0) is 5.41 Å². The van der Waals surface area contributed by atoms with Crippen LogP contribution in [0.25, 0.3) is 104 Å². The van der Waals surface area contributed by atoms with Crippen molar-refractivity contribution in [2.45, 2.75) is 31.6 Å². The lowest BCUT2D eigenvalue weighted by atomic mass is 9.74. The predicted octanol–water partition coefficient (Wildman–Crippen LogP) is 16.3. The van der Waals surface area contributed by atoms with E-state index in [2.05, 4.69) is 202 Å². The fourth-order valence-electron chi connectivity index (χ4n) is 11.1. The fraction of sp³-hybridized carbons (Fsp3) is 0.0847. The summed E-state index contributed by atoms with van der Waals surface area (Å²) >= 11 is 0. The first-order chi connectivity index (χ1) is 29.0. The molecule has 276 valence electrons. The number of benzene rings is 11. The molecule has 0 saturated heterocycles. The van der Waals surface area contributed by atoms with Crippen LogP contribution in [-0.4, -0.2) is 0 Å². The van der Waals surface area contributed by atoms with Crippen molar-refractivity contribution >= 4 is 70.2 Å². The molecule has 2 aliphatic carbocycles. The van der Waals surface area contributed by atoms with E-state index in [-0.39, 0.29) is 5.41 Å². The molecule has 0 fully saturated rings. The molecule has 0 amide bonds. The normalized spacial score (nSPS) is 16.1. The van der Waals surface area contributed by atoms with Gasteiger partial charge in [-0.15, -0.1) is 0 Å². The van der Waals surface area contributed by atoms with Crippen molar-refractivity contribution in [1.82, 2.24) is 0 Å². The summed E-state index contributed by atoms with van der Waals surface area (Å²) in [5, 5.41) is 16.0. The maximum Gasteiger partial charge on any atom is 0.0121 e. The van der Waals surface area contributed by atoms with E-state index in [9.17, 15) is 0 Å². The highest BCUT2D eigenvalue weighted by molar-refractivity contribution is 6.26. The minimum atomic E-state index is -0.0463. The van der Waals surface area contributed by atoms with Gasteiger partial charge in [0.05, 0.1) is 0 Å². The fourth-order valence-corrected chi connectivity index (χ4v) is 11.1. The first kappa shape index (κ1) is 33.0. The first-order valence-corrected chi connectivity index (χ1v) is 21.1. The van der Waals surface area contributed by atoms with Crippen LogP contribution >= 0.6 is 0 Å². The Morgan fingerprint density at radius 2 is 0.898 bits per heavy atom. The number of rotatable bonds is 4. The molecule has 1 atom stereocenters. The topological polar surface area (TPSA) is 0 Å². The Hall–Kier alpha value is -7.02. The number of hydrogen-bond donors (Lipinski definition) is 0. The van der Waals surface area contributed by atoms with Gasteiger partial charge in [-0.25, -0.2) is 0 Å². The average molecular weight is 749 g/mol. The van der Waals surface area contributed by atoms with Gasteiger partial charge in [-0.2, -0.15) is 0 Å². The van der Waals surface area contributed by atoms with Crippen LogP contribution in [0, 0.1) is 0 Å². The SMILES string of the molecule is CC1(C)C2=C(C=CC(c3ccc(-c4cc5ccc6cccc7ccc(c4)c5c67)cc3)C2)c2ccc(-c3ccc(-c4ccc5ccc6cccc7ccc4c5c67)cc3)cc21. The molecule has 0 heteroatoms. The van der Waals surface area contributed by atoms with Crippen LogP contribution in [0.15, 0.2) is 194 Å². The summed E-state index contributed by atoms with van der Waals surface area (Å²) in [6, 6.07) is 66.6. The number of allylic oxidation sites excluding steroid dienone is 4. The van der Waals surface area contributed by atoms with Crippen molar-refractivity contribution in [3.8, 4) is 33.4 Å². The van der Waals surface area contributed by atoms with Crippen molar-refractivity contribution in [3.05, 3.63) is 210 Å². The lowest BCUT2D eigenvalue weighted by molar-refractivity contribution is 0.591. The van der Waals surface area contributed by atoms with Crippen molar-refractivity contribution in [2.75, 3.05) is 0 Å². The van der Waals surface area contributed by atoms with Crippen molar-refractivity contribution in [3.63, 3.8) is 0 Å². The van der Waals surface area contributed by atoms with E-state index in [1.165, 1.54) is 120 Å². The molecule has 13 rings (SSSR count). The second kappa shape index (κ2) is 12.0. The Balaban J connectivity index is 0.773. The highest BCUT2D eigenvalue weighted by Gasteiger charge is 2.39. The largest absolute Gasteiger partial charge is 0.0761 e. The second-order valence-electron chi connectivity index (χ2n) is 17.6. The van der Waals surface area contributed by atoms with Crippen molar-refractivity contribution < 1.29 is 0 Å². The molecule has 1 unspecified atom stereocenters. The minimum absolute atomic E-state index is 0.0463. The van der Waals surface area contributed by atoms with E-state index in [1.807, 2.05) is 0 Å². The summed E-state index contributed by atoms with van der Waals surface area (Å²) < 4.78 is 0. The monoisotopic (exact) mass is 748 g/mol. The molecule has 0 saturated carbocycles. The van der Waals surface area contributed by atoms with E-state index in [0.717, 1.165) is 6.42 Å². The molecular weight excluding hydrogens is 709 g/mol. The van der Waals surface area contributed by atoms with Gasteiger partial charge in [-0.3, -0.25) is 0 Å². The molecule has 0 heterocycles. The third-order valence-corrected chi connectivity index (χ3v) is 14.2. The molecule has 0 aromatic heterocycles. The lowest BCUT2D eigenvalue weighted by Crippen LogP contribution is -2.19. The average Bonchev–Trinajstić information content (AvgIpc) is 3.52. The Bertz CT molecular complexity index is 3490. The standard InChI is InChI=1S/C59H40/c1-59(2)53-33-44(35-9-11-37(12-10-35)48-31-46-21-19-39-5-3-6-40-20-22-47(32-48)57(46)55(39)40)25-28-50(53)51-29-26-45(34-54(51)59)36-13-15-38(16-14-36)49-27-23-43-18-17-41-7-4-8-42-24-30-52(49)58(43)56(41)42/h3-32,34,44H,33H2,1-2H3. The molecule has 0 spiro atoms. The zero-order valence-electron chi connectivity index (χ0n) is 33.2. The maximum absolute atomic E-state index is 2.46. The van der Waals surface area contributed by atoms with E-state index >= 15 is 0 Å². The molecule has 59 heavy (non-hydrogen) atoms. The smallest absolute Gasteiger partial charge is 0.0121 e. The minimum Gasteiger partial charge on any atom is -0.0761 e. The van der Waals surface area contributed by atoms with Crippen LogP contribution in [0.5, 0.6) is 0 Å². The Labute approximate surface area is 344 Å². The molecule has 0 radical (unpaired) electrons. The van der Waals surface area contributed by atoms with E-state index < -0.39 is 0 Å². The molecule has 11 aromatic rings. The van der Waals surface area contributed by atoms with Crippen LogP contribution in [0.4, 0.5) is 0 Å². The molecule has 11 aromatic carbocycles. The zero-order chi connectivity index (χ0) is 39.0. The van der Waals surface area contributed by atoms with Gasteiger partial charge in [0.1, 0.15) is 0 Å². The van der Waals surface area contributed by atoms with E-state index in [0.29, 0.717) is 5.92 Å².